The molecule has 170 valence electrons. The largest absolute Gasteiger partial charge is 0.478 e. The lowest BCUT2D eigenvalue weighted by atomic mass is 10.0. The number of rotatable bonds is 7. The molecule has 0 bridgehead atoms. The van der Waals surface area contributed by atoms with Gasteiger partial charge in [-0.25, -0.2) is 13.9 Å². The number of H-pyrrole nitrogens is 2. The number of hydrogen-bond donors (Lipinski definition) is 11. The average Bonchev–Trinajstić information content (AvgIpc) is 2.56. The van der Waals surface area contributed by atoms with Gasteiger partial charge in [-0.15, -0.1) is 0 Å². The van der Waals surface area contributed by atoms with Gasteiger partial charge >= 0.3 is 21.3 Å². The lowest BCUT2D eigenvalue weighted by Gasteiger charge is -2.22. The second kappa shape index (κ2) is 13.6. The van der Waals surface area contributed by atoms with Crippen LogP contribution in [0.15, 0.2) is 21.9 Å². The Labute approximate surface area is 160 Å². The summed E-state index contributed by atoms with van der Waals surface area (Å²) >= 11 is 0. The standard InChI is InChI=1S/C6H12O6.C4H4N2O2.H4O7P2/c7-1-3(9)5(11)6(12)4(10)2-8;7-3-1-2-5-4(8)6-3;1-8(2,3)7-9(4,5)6/h1,3-6,8-12H,2H2;1-2H,(H2,5,6,7,8);(H2,1,2,3)(H2,4,5,6). The summed E-state index contributed by atoms with van der Waals surface area (Å²) < 4.78 is 22.2. The average molecular weight is 470 g/mol. The molecule has 0 radical (unpaired) electrons. The van der Waals surface area contributed by atoms with Crippen LogP contribution in [0.2, 0.25) is 0 Å². The number of aromatic nitrogens is 2. The number of carbonyl (C=O) groups is 1. The molecular weight excluding hydrogens is 450 g/mol. The van der Waals surface area contributed by atoms with Crippen LogP contribution in [0.25, 0.3) is 0 Å². The van der Waals surface area contributed by atoms with Gasteiger partial charge in [0.1, 0.15) is 24.4 Å². The van der Waals surface area contributed by atoms with Crippen molar-refractivity contribution in [3.63, 3.8) is 0 Å². The van der Waals surface area contributed by atoms with Gasteiger partial charge in [0, 0.05) is 12.3 Å². The highest BCUT2D eigenvalue weighted by molar-refractivity contribution is 7.60. The van der Waals surface area contributed by atoms with Crippen molar-refractivity contribution in [2.24, 2.45) is 0 Å². The molecule has 1 heterocycles. The Kier molecular flexibility index (Phi) is 13.9. The molecule has 0 saturated carbocycles. The molecule has 4 unspecified atom stereocenters. The molecule has 1 rings (SSSR count). The van der Waals surface area contributed by atoms with E-state index in [9.17, 15) is 23.5 Å². The number of phosphoric acid groups is 2. The second-order valence-corrected chi connectivity index (χ2v) is 7.33. The Hall–Kier alpha value is -1.59. The lowest BCUT2D eigenvalue weighted by Crippen LogP contribution is -2.46. The zero-order valence-electron chi connectivity index (χ0n) is 14.1. The van der Waals surface area contributed by atoms with Gasteiger partial charge in [0.05, 0.1) is 6.61 Å². The SMILES string of the molecule is O=CC(O)C(O)C(O)C(O)CO.O=P(O)(O)OP(=O)(O)O.O=c1cc[nH]c(=O)[nH]1. The van der Waals surface area contributed by atoms with Crippen LogP contribution in [-0.4, -0.2) is 92.4 Å². The van der Waals surface area contributed by atoms with E-state index in [1.807, 2.05) is 4.98 Å². The number of aliphatic hydroxyl groups is 5. The Morgan fingerprint density at radius 2 is 1.48 bits per heavy atom. The Balaban J connectivity index is 0. The molecule has 0 amide bonds. The molecular formula is C10H20N2O15P2. The lowest BCUT2D eigenvalue weighted by molar-refractivity contribution is -0.136. The van der Waals surface area contributed by atoms with E-state index < -0.39 is 52.4 Å². The zero-order chi connectivity index (χ0) is 23.4. The minimum Gasteiger partial charge on any atom is -0.394 e. The number of nitrogens with one attached hydrogen (secondary N) is 2. The molecule has 0 aliphatic heterocycles. The highest BCUT2D eigenvalue weighted by Gasteiger charge is 2.29. The number of aliphatic hydroxyl groups excluding tert-OH is 5. The van der Waals surface area contributed by atoms with Gasteiger partial charge in [-0.3, -0.25) is 9.78 Å². The molecule has 0 aromatic carbocycles. The second-order valence-electron chi connectivity index (χ2n) is 4.72. The molecule has 0 fully saturated rings. The van der Waals surface area contributed by atoms with Crippen LogP contribution in [-0.2, 0) is 18.2 Å². The highest BCUT2D eigenvalue weighted by atomic mass is 31.3. The fourth-order valence-electron chi connectivity index (χ4n) is 1.14. The summed E-state index contributed by atoms with van der Waals surface area (Å²) in [6.07, 6.45) is -5.55. The third-order valence-electron chi connectivity index (χ3n) is 2.32. The first-order chi connectivity index (χ1) is 13.0. The summed E-state index contributed by atoms with van der Waals surface area (Å²) in [5, 5.41) is 43.5. The van der Waals surface area contributed by atoms with E-state index in [1.165, 1.54) is 12.3 Å². The van der Waals surface area contributed by atoms with Crippen LogP contribution in [0.5, 0.6) is 0 Å². The third kappa shape index (κ3) is 17.0. The van der Waals surface area contributed by atoms with E-state index in [0.29, 0.717) is 0 Å². The molecule has 29 heavy (non-hydrogen) atoms. The molecule has 0 aliphatic carbocycles. The van der Waals surface area contributed by atoms with Gasteiger partial charge in [-0.05, 0) is 0 Å². The van der Waals surface area contributed by atoms with Gasteiger partial charge in [-0.1, -0.05) is 0 Å². The van der Waals surface area contributed by atoms with Crippen molar-refractivity contribution in [2.75, 3.05) is 6.61 Å². The summed E-state index contributed by atoms with van der Waals surface area (Å²) in [7, 11) is -10.1. The van der Waals surface area contributed by atoms with Crippen LogP contribution in [0, 0.1) is 0 Å². The van der Waals surface area contributed by atoms with Crippen LogP contribution in [0.3, 0.4) is 0 Å². The van der Waals surface area contributed by atoms with Crippen molar-refractivity contribution in [2.45, 2.75) is 24.4 Å². The molecule has 1 aromatic rings. The fraction of sp³-hybridized carbons (Fsp3) is 0.500. The normalized spacial score (nSPS) is 15.5. The summed E-state index contributed by atoms with van der Waals surface area (Å²) in [4.78, 5) is 65.6. The van der Waals surface area contributed by atoms with Crippen LogP contribution < -0.4 is 11.2 Å². The molecule has 0 aliphatic rings. The smallest absolute Gasteiger partial charge is 0.394 e. The van der Waals surface area contributed by atoms with E-state index in [0.717, 1.165) is 0 Å². The van der Waals surface area contributed by atoms with Gasteiger partial charge in [0.25, 0.3) is 5.56 Å². The summed E-state index contributed by atoms with van der Waals surface area (Å²) in [5.74, 6) is 0. The molecule has 0 spiro atoms. The first-order valence-corrected chi connectivity index (χ1v) is 9.99. The van der Waals surface area contributed by atoms with Crippen molar-refractivity contribution in [3.05, 3.63) is 33.1 Å². The third-order valence-corrected chi connectivity index (χ3v) is 4.02. The predicted molar refractivity (Wildman–Crippen MR) is 90.0 cm³/mol. The summed E-state index contributed by atoms with van der Waals surface area (Å²) in [5.41, 5.74) is -0.855. The quantitative estimate of drug-likeness (QED) is 0.131. The molecule has 11 N–H and O–H groups in total. The minimum atomic E-state index is -5.05. The van der Waals surface area contributed by atoms with Gasteiger partial charge in [-0.2, -0.15) is 4.31 Å². The maximum absolute atomic E-state index is 10.2. The maximum Gasteiger partial charge on any atom is 0.478 e. The molecule has 0 saturated heterocycles. The molecule has 19 heteroatoms. The zero-order valence-corrected chi connectivity index (χ0v) is 15.9. The van der Waals surface area contributed by atoms with E-state index in [4.69, 9.17) is 45.1 Å². The number of carbonyl (C=O) groups excluding carboxylic acids is 1. The van der Waals surface area contributed by atoms with Gasteiger partial charge in [0.2, 0.25) is 0 Å². The number of aromatic amines is 2. The Morgan fingerprint density at radius 3 is 1.72 bits per heavy atom. The van der Waals surface area contributed by atoms with E-state index in [-0.39, 0.29) is 11.8 Å². The van der Waals surface area contributed by atoms with Crippen molar-refractivity contribution in [1.29, 1.82) is 0 Å². The van der Waals surface area contributed by atoms with Crippen LogP contribution in [0.1, 0.15) is 0 Å². The highest BCUT2D eigenvalue weighted by Crippen LogP contribution is 2.53. The Bertz CT molecular complexity index is 751. The predicted octanol–water partition coefficient (Wildman–Crippen LogP) is -5.13. The minimum absolute atomic E-state index is 0.0258. The fourth-order valence-corrected chi connectivity index (χ4v) is 2.25. The molecule has 1 aromatic heterocycles. The molecule has 4 atom stereocenters. The van der Waals surface area contributed by atoms with Crippen molar-refractivity contribution in [3.8, 4) is 0 Å². The first kappa shape index (κ1) is 29.6. The monoisotopic (exact) mass is 470 g/mol. The van der Waals surface area contributed by atoms with Crippen LogP contribution in [0.4, 0.5) is 0 Å². The van der Waals surface area contributed by atoms with Crippen molar-refractivity contribution in [1.82, 2.24) is 9.97 Å². The summed E-state index contributed by atoms with van der Waals surface area (Å²) in [6, 6.07) is 1.24. The van der Waals surface area contributed by atoms with Crippen LogP contribution >= 0.6 is 15.6 Å². The summed E-state index contributed by atoms with van der Waals surface area (Å²) in [6.45, 7) is -0.760. The Morgan fingerprint density at radius 1 is 1.00 bits per heavy atom. The van der Waals surface area contributed by atoms with Crippen molar-refractivity contribution < 1.29 is 63.3 Å². The number of hydrogen-bond acceptors (Lipinski definition) is 11. The van der Waals surface area contributed by atoms with E-state index in [1.54, 1.807) is 0 Å². The van der Waals surface area contributed by atoms with Gasteiger partial charge in [0.15, 0.2) is 6.29 Å². The molecule has 17 nitrogen and oxygen atoms in total. The topological polar surface area (TPSA) is 308 Å². The van der Waals surface area contributed by atoms with Crippen molar-refractivity contribution >= 4 is 21.9 Å². The van der Waals surface area contributed by atoms with E-state index in [2.05, 4.69) is 9.29 Å². The van der Waals surface area contributed by atoms with E-state index >= 15 is 0 Å². The number of aldehydes is 1. The first-order valence-electron chi connectivity index (χ1n) is 6.93. The van der Waals surface area contributed by atoms with Gasteiger partial charge < -0.3 is 54.9 Å². The maximum atomic E-state index is 10.2.